The molecule has 0 radical (unpaired) electrons. The maximum absolute atomic E-state index is 11.5. The van der Waals surface area contributed by atoms with Crippen molar-refractivity contribution in [2.45, 2.75) is 33.2 Å². The van der Waals surface area contributed by atoms with E-state index in [0.29, 0.717) is 13.2 Å². The number of rotatable bonds is 6. The van der Waals surface area contributed by atoms with Crippen LogP contribution in [-0.4, -0.2) is 25.2 Å². The van der Waals surface area contributed by atoms with Crippen molar-refractivity contribution in [1.82, 2.24) is 10.6 Å². The van der Waals surface area contributed by atoms with E-state index in [-0.39, 0.29) is 12.1 Å². The van der Waals surface area contributed by atoms with Crippen LogP contribution in [0.25, 0.3) is 0 Å². The molecule has 0 bridgehead atoms. The molecule has 2 amide bonds. The molecule has 0 heterocycles. The Labute approximate surface area is 156 Å². The third-order valence-electron chi connectivity index (χ3n) is 3.73. The molecule has 1 atom stereocenters. The number of urea groups is 1. The van der Waals surface area contributed by atoms with Gasteiger partial charge in [-0.2, -0.15) is 0 Å². The zero-order valence-electron chi connectivity index (χ0n) is 15.6. The lowest BCUT2D eigenvalue weighted by Crippen LogP contribution is -2.41. The van der Waals surface area contributed by atoms with Crippen molar-refractivity contribution in [3.8, 4) is 17.6 Å². The Morgan fingerprint density at radius 2 is 1.58 bits per heavy atom. The molecule has 2 N–H and O–H groups in total. The average Bonchev–Trinajstić information content (AvgIpc) is 2.62. The van der Waals surface area contributed by atoms with Crippen LogP contribution in [0.1, 0.15) is 37.5 Å². The van der Waals surface area contributed by atoms with Crippen LogP contribution in [-0.2, 0) is 6.42 Å². The summed E-state index contributed by atoms with van der Waals surface area (Å²) < 4.78 is 5.43. The third-order valence-corrected chi connectivity index (χ3v) is 3.73. The van der Waals surface area contributed by atoms with E-state index in [0.717, 1.165) is 23.3 Å². The van der Waals surface area contributed by atoms with Gasteiger partial charge in [0.15, 0.2) is 0 Å². The van der Waals surface area contributed by atoms with Crippen LogP contribution in [0.5, 0.6) is 5.75 Å². The van der Waals surface area contributed by atoms with Gasteiger partial charge in [0.05, 0.1) is 6.61 Å². The van der Waals surface area contributed by atoms with Crippen molar-refractivity contribution in [2.24, 2.45) is 0 Å². The smallest absolute Gasteiger partial charge is 0.314 e. The van der Waals surface area contributed by atoms with E-state index in [4.69, 9.17) is 4.74 Å². The lowest BCUT2D eigenvalue weighted by molar-refractivity contribution is 0.238. The molecule has 0 aromatic heterocycles. The molecule has 2 rings (SSSR count). The minimum atomic E-state index is -0.127. The van der Waals surface area contributed by atoms with Crippen LogP contribution in [0.3, 0.4) is 0 Å². The van der Waals surface area contributed by atoms with Gasteiger partial charge in [-0.15, -0.1) is 0 Å². The topological polar surface area (TPSA) is 50.4 Å². The van der Waals surface area contributed by atoms with Gasteiger partial charge >= 0.3 is 6.03 Å². The highest BCUT2D eigenvalue weighted by Gasteiger charge is 2.06. The molecule has 26 heavy (non-hydrogen) atoms. The number of hydrogen-bond donors (Lipinski definition) is 2. The monoisotopic (exact) mass is 350 g/mol. The summed E-state index contributed by atoms with van der Waals surface area (Å²) in [6.45, 7) is 7.15. The summed E-state index contributed by atoms with van der Waals surface area (Å²) in [5.74, 6) is 7.19. The molecule has 0 spiro atoms. The summed E-state index contributed by atoms with van der Waals surface area (Å²) in [6.07, 6.45) is 0.781. The van der Waals surface area contributed by atoms with Crippen LogP contribution in [0, 0.1) is 11.8 Å². The summed E-state index contributed by atoms with van der Waals surface area (Å²) in [5, 5.41) is 5.65. The second-order valence-electron chi connectivity index (χ2n) is 6.01. The van der Waals surface area contributed by atoms with Gasteiger partial charge < -0.3 is 15.4 Å². The van der Waals surface area contributed by atoms with E-state index in [9.17, 15) is 4.79 Å². The van der Waals surface area contributed by atoms with Gasteiger partial charge in [0.2, 0.25) is 0 Å². The molecule has 0 aliphatic carbocycles. The van der Waals surface area contributed by atoms with E-state index in [1.807, 2.05) is 57.2 Å². The quantitative estimate of drug-likeness (QED) is 0.780. The molecule has 2 aromatic rings. The minimum Gasteiger partial charge on any atom is -0.494 e. The molecule has 0 saturated carbocycles. The van der Waals surface area contributed by atoms with Crippen molar-refractivity contribution in [1.29, 1.82) is 0 Å². The first-order valence-electron chi connectivity index (χ1n) is 8.99. The molecule has 0 saturated heterocycles. The lowest BCUT2D eigenvalue weighted by atomic mass is 10.1. The molecular formula is C22H26N2O2. The fraction of sp³-hybridized carbons (Fsp3) is 0.318. The fourth-order valence-corrected chi connectivity index (χ4v) is 2.51. The minimum absolute atomic E-state index is 0.0716. The largest absolute Gasteiger partial charge is 0.494 e. The Bertz CT molecular complexity index is 755. The van der Waals surface area contributed by atoms with Gasteiger partial charge in [0.1, 0.15) is 5.75 Å². The summed E-state index contributed by atoms with van der Waals surface area (Å²) in [7, 11) is 0. The molecule has 4 nitrogen and oxygen atoms in total. The summed E-state index contributed by atoms with van der Waals surface area (Å²) >= 11 is 0. The normalized spacial score (nSPS) is 11.0. The first-order valence-corrected chi connectivity index (χ1v) is 8.99. The number of hydrogen-bond acceptors (Lipinski definition) is 2. The molecule has 1 unspecified atom stereocenters. The van der Waals surface area contributed by atoms with Gasteiger partial charge in [-0.05, 0) is 69.2 Å². The van der Waals surface area contributed by atoms with E-state index < -0.39 is 0 Å². The SMILES string of the molecule is CCNC(=O)NC(C)Cc1ccc(C#Cc2ccc(OCC)cc2)cc1. The molecule has 0 aliphatic heterocycles. The molecule has 0 fully saturated rings. The number of carbonyl (C=O) groups is 1. The van der Waals surface area contributed by atoms with Crippen LogP contribution in [0.2, 0.25) is 0 Å². The summed E-state index contributed by atoms with van der Waals surface area (Å²) in [4.78, 5) is 11.5. The lowest BCUT2D eigenvalue weighted by Gasteiger charge is -2.14. The average molecular weight is 350 g/mol. The highest BCUT2D eigenvalue weighted by Crippen LogP contribution is 2.12. The van der Waals surface area contributed by atoms with Crippen molar-refractivity contribution in [3.63, 3.8) is 0 Å². The van der Waals surface area contributed by atoms with Gasteiger partial charge in [-0.3, -0.25) is 0 Å². The predicted molar refractivity (Wildman–Crippen MR) is 105 cm³/mol. The molecule has 2 aromatic carbocycles. The second kappa shape index (κ2) is 10.1. The van der Waals surface area contributed by atoms with E-state index >= 15 is 0 Å². The Kier molecular flexibility index (Phi) is 7.57. The number of amides is 2. The number of ether oxygens (including phenoxy) is 1. The summed E-state index contributed by atoms with van der Waals surface area (Å²) in [6, 6.07) is 15.9. The van der Waals surface area contributed by atoms with E-state index in [2.05, 4.69) is 34.6 Å². The van der Waals surface area contributed by atoms with Crippen LogP contribution in [0.15, 0.2) is 48.5 Å². The highest BCUT2D eigenvalue weighted by molar-refractivity contribution is 5.74. The van der Waals surface area contributed by atoms with Crippen molar-refractivity contribution < 1.29 is 9.53 Å². The van der Waals surface area contributed by atoms with Crippen molar-refractivity contribution in [3.05, 3.63) is 65.2 Å². The number of carbonyl (C=O) groups excluding carboxylic acids is 1. The Balaban J connectivity index is 1.92. The first-order chi connectivity index (χ1) is 12.6. The summed E-state index contributed by atoms with van der Waals surface area (Å²) in [5.41, 5.74) is 3.09. The van der Waals surface area contributed by atoms with Crippen molar-refractivity contribution >= 4 is 6.03 Å². The standard InChI is InChI=1S/C22H26N2O2/c1-4-23-22(25)24-17(3)16-20-10-8-18(9-11-20)6-7-19-12-14-21(15-13-19)26-5-2/h8-15,17H,4-5,16H2,1-3H3,(H2,23,24,25). The number of nitrogens with one attached hydrogen (secondary N) is 2. The zero-order chi connectivity index (χ0) is 18.8. The van der Waals surface area contributed by atoms with Gasteiger partial charge in [0.25, 0.3) is 0 Å². The first kappa shape index (κ1) is 19.4. The Morgan fingerprint density at radius 3 is 2.12 bits per heavy atom. The predicted octanol–water partition coefficient (Wildman–Crippen LogP) is 3.74. The maximum atomic E-state index is 11.5. The molecule has 136 valence electrons. The molecular weight excluding hydrogens is 324 g/mol. The second-order valence-corrected chi connectivity index (χ2v) is 6.01. The van der Waals surface area contributed by atoms with Crippen LogP contribution in [0.4, 0.5) is 4.79 Å². The maximum Gasteiger partial charge on any atom is 0.314 e. The van der Waals surface area contributed by atoms with Crippen molar-refractivity contribution in [2.75, 3.05) is 13.2 Å². The van der Waals surface area contributed by atoms with Crippen LogP contribution < -0.4 is 15.4 Å². The zero-order valence-corrected chi connectivity index (χ0v) is 15.6. The van der Waals surface area contributed by atoms with Gasteiger partial charge in [-0.1, -0.05) is 24.0 Å². The molecule has 0 aliphatic rings. The Hall–Kier alpha value is -2.93. The fourth-order valence-electron chi connectivity index (χ4n) is 2.51. The number of benzene rings is 2. The van der Waals surface area contributed by atoms with Crippen LogP contribution >= 0.6 is 0 Å². The third kappa shape index (κ3) is 6.52. The Morgan fingerprint density at radius 1 is 1.00 bits per heavy atom. The van der Waals surface area contributed by atoms with Gasteiger partial charge in [0, 0.05) is 23.7 Å². The van der Waals surface area contributed by atoms with E-state index in [1.165, 1.54) is 5.56 Å². The molecule has 4 heteroatoms. The highest BCUT2D eigenvalue weighted by atomic mass is 16.5. The van der Waals surface area contributed by atoms with E-state index in [1.54, 1.807) is 0 Å². The van der Waals surface area contributed by atoms with Gasteiger partial charge in [-0.25, -0.2) is 4.79 Å².